The topological polar surface area (TPSA) is 47.7 Å². The van der Waals surface area contributed by atoms with E-state index in [0.717, 1.165) is 38.3 Å². The van der Waals surface area contributed by atoms with E-state index in [-0.39, 0.29) is 12.2 Å². The Morgan fingerprint density at radius 2 is 2.27 bits per heavy atom. The maximum absolute atomic E-state index is 6.09. The molecule has 0 N–H and O–H groups in total. The van der Waals surface area contributed by atoms with E-state index in [1.807, 2.05) is 30.3 Å². The van der Waals surface area contributed by atoms with E-state index in [0.29, 0.717) is 11.9 Å². The first-order chi connectivity index (χ1) is 10.9. The third-order valence-corrected chi connectivity index (χ3v) is 4.43. The monoisotopic (exact) mass is 300 g/mol. The molecule has 0 radical (unpaired) electrons. The lowest BCUT2D eigenvalue weighted by molar-refractivity contribution is -0.0483. The first kappa shape index (κ1) is 13.8. The third kappa shape index (κ3) is 2.74. The maximum Gasteiger partial charge on any atom is 0.213 e. The van der Waals surface area contributed by atoms with Gasteiger partial charge in [0.15, 0.2) is 0 Å². The molecule has 2 aliphatic rings. The standard InChI is InChI=1S/C17H20N2O3/c1-2-8-18-16(7-1)22-15-12-19(11-13-5-3-9-20-13)14-6-4-10-21-17(14)15/h1-3,5,7-9,14-15,17H,4,6,10-12H2/t14-,15+,17+/m1/s1. The number of hydrogen-bond donors (Lipinski definition) is 0. The van der Waals surface area contributed by atoms with E-state index >= 15 is 0 Å². The van der Waals surface area contributed by atoms with E-state index in [2.05, 4.69) is 9.88 Å². The highest BCUT2D eigenvalue weighted by molar-refractivity contribution is 5.12. The number of aromatic nitrogens is 1. The van der Waals surface area contributed by atoms with Crippen LogP contribution in [-0.2, 0) is 11.3 Å². The molecule has 0 aromatic carbocycles. The van der Waals surface area contributed by atoms with Gasteiger partial charge in [-0.15, -0.1) is 0 Å². The van der Waals surface area contributed by atoms with E-state index in [4.69, 9.17) is 13.9 Å². The van der Waals surface area contributed by atoms with Crippen LogP contribution >= 0.6 is 0 Å². The Labute approximate surface area is 129 Å². The molecule has 0 aliphatic carbocycles. The number of likely N-dealkylation sites (tertiary alicyclic amines) is 1. The van der Waals surface area contributed by atoms with Gasteiger partial charge >= 0.3 is 0 Å². The van der Waals surface area contributed by atoms with Gasteiger partial charge in [0, 0.05) is 31.5 Å². The summed E-state index contributed by atoms with van der Waals surface area (Å²) in [4.78, 5) is 6.68. The van der Waals surface area contributed by atoms with Crippen LogP contribution < -0.4 is 4.74 Å². The zero-order valence-electron chi connectivity index (χ0n) is 12.4. The molecule has 22 heavy (non-hydrogen) atoms. The van der Waals surface area contributed by atoms with Crippen LogP contribution in [0.2, 0.25) is 0 Å². The summed E-state index contributed by atoms with van der Waals surface area (Å²) in [6.45, 7) is 2.46. The smallest absolute Gasteiger partial charge is 0.213 e. The fraction of sp³-hybridized carbons (Fsp3) is 0.471. The largest absolute Gasteiger partial charge is 0.470 e. The van der Waals surface area contributed by atoms with Crippen molar-refractivity contribution >= 4 is 0 Å². The van der Waals surface area contributed by atoms with Gasteiger partial charge in [-0.1, -0.05) is 6.07 Å². The van der Waals surface area contributed by atoms with Gasteiger partial charge in [-0.3, -0.25) is 4.90 Å². The SMILES string of the molecule is c1ccc(O[C@H]2CN(Cc3ccco3)[C@@H]3CCCO[C@H]23)nc1. The molecule has 0 saturated carbocycles. The lowest BCUT2D eigenvalue weighted by Gasteiger charge is -2.31. The summed E-state index contributed by atoms with van der Waals surface area (Å²) in [5.41, 5.74) is 0. The molecule has 3 atom stereocenters. The lowest BCUT2D eigenvalue weighted by atomic mass is 10.0. The molecule has 2 saturated heterocycles. The number of nitrogens with zero attached hydrogens (tertiary/aromatic N) is 2. The molecule has 2 aromatic heterocycles. The summed E-state index contributed by atoms with van der Waals surface area (Å²) in [5, 5.41) is 0. The maximum atomic E-state index is 6.09. The molecule has 5 heteroatoms. The Morgan fingerprint density at radius 1 is 1.27 bits per heavy atom. The fourth-order valence-electron chi connectivity index (χ4n) is 3.46. The Morgan fingerprint density at radius 3 is 3.09 bits per heavy atom. The Hall–Kier alpha value is -1.85. The summed E-state index contributed by atoms with van der Waals surface area (Å²) in [5.74, 6) is 1.66. The van der Waals surface area contributed by atoms with Crippen molar-refractivity contribution in [3.05, 3.63) is 48.6 Å². The normalized spacial score (nSPS) is 28.5. The molecule has 0 amide bonds. The minimum Gasteiger partial charge on any atom is -0.470 e. The minimum atomic E-state index is 0.0233. The summed E-state index contributed by atoms with van der Waals surface area (Å²) in [6.07, 6.45) is 5.87. The van der Waals surface area contributed by atoms with Gasteiger partial charge in [0.25, 0.3) is 0 Å². The number of pyridine rings is 1. The van der Waals surface area contributed by atoms with Crippen LogP contribution in [0, 0.1) is 0 Å². The molecule has 0 spiro atoms. The average molecular weight is 300 g/mol. The zero-order valence-corrected chi connectivity index (χ0v) is 12.4. The second-order valence-electron chi connectivity index (χ2n) is 5.88. The van der Waals surface area contributed by atoms with Crippen molar-refractivity contribution in [1.29, 1.82) is 0 Å². The minimum absolute atomic E-state index is 0.0233. The van der Waals surface area contributed by atoms with E-state index in [9.17, 15) is 0 Å². The van der Waals surface area contributed by atoms with E-state index in [1.165, 1.54) is 0 Å². The van der Waals surface area contributed by atoms with E-state index < -0.39 is 0 Å². The van der Waals surface area contributed by atoms with Crippen LogP contribution in [0.5, 0.6) is 5.88 Å². The molecular weight excluding hydrogens is 280 g/mol. The number of fused-ring (bicyclic) bond motifs is 1. The van der Waals surface area contributed by atoms with Crippen LogP contribution in [-0.4, -0.2) is 41.3 Å². The van der Waals surface area contributed by atoms with Crippen molar-refractivity contribution in [3.63, 3.8) is 0 Å². The number of hydrogen-bond acceptors (Lipinski definition) is 5. The van der Waals surface area contributed by atoms with Crippen LogP contribution in [0.1, 0.15) is 18.6 Å². The Balaban J connectivity index is 1.50. The number of ether oxygens (including phenoxy) is 2. The molecule has 4 heterocycles. The Kier molecular flexibility index (Phi) is 3.83. The third-order valence-electron chi connectivity index (χ3n) is 4.43. The molecule has 0 bridgehead atoms. The van der Waals surface area contributed by atoms with Crippen LogP contribution in [0.4, 0.5) is 0 Å². The van der Waals surface area contributed by atoms with E-state index in [1.54, 1.807) is 12.5 Å². The first-order valence-corrected chi connectivity index (χ1v) is 7.86. The van der Waals surface area contributed by atoms with Gasteiger partial charge in [0.05, 0.1) is 12.8 Å². The van der Waals surface area contributed by atoms with Crippen molar-refractivity contribution in [2.24, 2.45) is 0 Å². The van der Waals surface area contributed by atoms with Crippen molar-refractivity contribution in [2.75, 3.05) is 13.2 Å². The highest BCUT2D eigenvalue weighted by Gasteiger charge is 2.45. The first-order valence-electron chi connectivity index (χ1n) is 7.86. The Bertz CT molecular complexity index is 587. The molecular formula is C17H20N2O3. The zero-order chi connectivity index (χ0) is 14.8. The summed E-state index contributed by atoms with van der Waals surface area (Å²) >= 11 is 0. The molecule has 2 aliphatic heterocycles. The molecule has 5 nitrogen and oxygen atoms in total. The highest BCUT2D eigenvalue weighted by atomic mass is 16.5. The van der Waals surface area contributed by atoms with Crippen LogP contribution in [0.15, 0.2) is 47.2 Å². The molecule has 4 rings (SSSR count). The summed E-state index contributed by atoms with van der Waals surface area (Å²) < 4.78 is 17.6. The predicted octanol–water partition coefficient (Wildman–Crippen LogP) is 2.49. The molecule has 0 unspecified atom stereocenters. The van der Waals surface area contributed by atoms with Crippen LogP contribution in [0.3, 0.4) is 0 Å². The van der Waals surface area contributed by atoms with Gasteiger partial charge in [0.1, 0.15) is 18.0 Å². The van der Waals surface area contributed by atoms with Crippen LogP contribution in [0.25, 0.3) is 0 Å². The van der Waals surface area contributed by atoms with Gasteiger partial charge < -0.3 is 13.9 Å². The lowest BCUT2D eigenvalue weighted by Crippen LogP contribution is -2.42. The van der Waals surface area contributed by atoms with Gasteiger partial charge in [-0.05, 0) is 31.0 Å². The fourth-order valence-corrected chi connectivity index (χ4v) is 3.46. The average Bonchev–Trinajstić information content (AvgIpc) is 3.18. The molecule has 2 fully saturated rings. The highest BCUT2D eigenvalue weighted by Crippen LogP contribution is 2.32. The van der Waals surface area contributed by atoms with Crippen molar-refractivity contribution in [3.8, 4) is 5.88 Å². The predicted molar refractivity (Wildman–Crippen MR) is 80.5 cm³/mol. The van der Waals surface area contributed by atoms with Gasteiger partial charge in [-0.2, -0.15) is 0 Å². The summed E-state index contributed by atoms with van der Waals surface area (Å²) in [6, 6.07) is 10.1. The molecule has 116 valence electrons. The summed E-state index contributed by atoms with van der Waals surface area (Å²) in [7, 11) is 0. The quantitative estimate of drug-likeness (QED) is 0.868. The van der Waals surface area contributed by atoms with Crippen molar-refractivity contribution < 1.29 is 13.9 Å². The van der Waals surface area contributed by atoms with Crippen molar-refractivity contribution in [2.45, 2.75) is 37.6 Å². The van der Waals surface area contributed by atoms with Gasteiger partial charge in [0.2, 0.25) is 5.88 Å². The number of furan rings is 1. The second kappa shape index (κ2) is 6.10. The second-order valence-corrected chi connectivity index (χ2v) is 5.88. The van der Waals surface area contributed by atoms with Gasteiger partial charge in [-0.25, -0.2) is 4.98 Å². The van der Waals surface area contributed by atoms with Crippen molar-refractivity contribution in [1.82, 2.24) is 9.88 Å². The molecule has 2 aromatic rings. The number of rotatable bonds is 4.